The number of nitrogens with zero attached hydrogens (tertiary/aromatic N) is 2. The summed E-state index contributed by atoms with van der Waals surface area (Å²) in [5.74, 6) is -4.12. The fourth-order valence-corrected chi connectivity index (χ4v) is 1.46. The zero-order valence-corrected chi connectivity index (χ0v) is 11.3. The highest BCUT2D eigenvalue weighted by Gasteiger charge is 2.41. The minimum absolute atomic E-state index is 0.0546. The molecule has 2 aromatic carbocycles. The van der Waals surface area contributed by atoms with Crippen LogP contribution in [0.4, 0.5) is 28.9 Å². The fraction of sp³-hybridized carbons (Fsp3) is 0.200. The molecule has 2 aromatic rings. The first-order chi connectivity index (χ1) is 10.5. The topological polar surface area (TPSA) is 34.0 Å². The second-order valence-corrected chi connectivity index (χ2v) is 4.38. The fourth-order valence-electron chi connectivity index (χ4n) is 1.46. The normalized spacial score (nSPS) is 12.0. The summed E-state index contributed by atoms with van der Waals surface area (Å²) >= 11 is 0. The average Bonchev–Trinajstić information content (AvgIpc) is 2.53. The van der Waals surface area contributed by atoms with E-state index in [1.54, 1.807) is 12.1 Å². The van der Waals surface area contributed by atoms with Crippen molar-refractivity contribution in [3.05, 3.63) is 54.6 Å². The Morgan fingerprint density at radius 2 is 1.41 bits per heavy atom. The minimum Gasteiger partial charge on any atom is -0.487 e. The molecule has 0 aromatic heterocycles. The molecule has 0 aliphatic heterocycles. The molecule has 7 heteroatoms. The number of benzene rings is 2. The van der Waals surface area contributed by atoms with Crippen LogP contribution in [0.1, 0.15) is 0 Å². The standard InChI is InChI=1S/C15H12F4N2O/c16-14(17)15(18,19)10-22-13-8-6-12(7-9-13)21-20-11-4-2-1-3-5-11/h1-9,14H,10H2. The molecule has 0 N–H and O–H groups in total. The molecule has 0 amide bonds. The van der Waals surface area contributed by atoms with Gasteiger partial charge in [-0.2, -0.15) is 19.0 Å². The highest BCUT2D eigenvalue weighted by atomic mass is 19.3. The van der Waals surface area contributed by atoms with Crippen LogP contribution in [-0.2, 0) is 0 Å². The van der Waals surface area contributed by atoms with Gasteiger partial charge in [0.2, 0.25) is 0 Å². The van der Waals surface area contributed by atoms with Gasteiger partial charge >= 0.3 is 12.3 Å². The molecule has 0 saturated heterocycles. The van der Waals surface area contributed by atoms with Gasteiger partial charge < -0.3 is 4.74 Å². The molecule has 116 valence electrons. The first-order valence-corrected chi connectivity index (χ1v) is 6.33. The maximum absolute atomic E-state index is 12.7. The van der Waals surface area contributed by atoms with Crippen molar-refractivity contribution >= 4 is 11.4 Å². The first kappa shape index (κ1) is 15.9. The molecular weight excluding hydrogens is 300 g/mol. The van der Waals surface area contributed by atoms with E-state index in [0.717, 1.165) is 0 Å². The SMILES string of the molecule is FC(F)C(F)(F)COc1ccc(N=Nc2ccccc2)cc1. The Morgan fingerprint density at radius 1 is 0.864 bits per heavy atom. The molecule has 0 saturated carbocycles. The van der Waals surface area contributed by atoms with E-state index >= 15 is 0 Å². The molecule has 0 atom stereocenters. The van der Waals surface area contributed by atoms with E-state index in [1.807, 2.05) is 18.2 Å². The van der Waals surface area contributed by atoms with Gasteiger partial charge in [0.25, 0.3) is 0 Å². The quantitative estimate of drug-likeness (QED) is 0.520. The monoisotopic (exact) mass is 312 g/mol. The zero-order chi connectivity index (χ0) is 16.0. The summed E-state index contributed by atoms with van der Waals surface area (Å²) in [5, 5.41) is 7.94. The summed E-state index contributed by atoms with van der Waals surface area (Å²) in [6.45, 7) is -1.38. The van der Waals surface area contributed by atoms with E-state index < -0.39 is 19.0 Å². The molecular formula is C15H12F4N2O. The molecule has 3 nitrogen and oxygen atoms in total. The summed E-state index contributed by atoms with van der Waals surface area (Å²) in [4.78, 5) is 0. The summed E-state index contributed by atoms with van der Waals surface area (Å²) in [6, 6.07) is 14.7. The number of halogens is 4. The second-order valence-electron chi connectivity index (χ2n) is 4.38. The van der Waals surface area contributed by atoms with E-state index in [2.05, 4.69) is 15.0 Å². The van der Waals surface area contributed by atoms with Gasteiger partial charge in [-0.1, -0.05) is 18.2 Å². The third-order valence-corrected chi connectivity index (χ3v) is 2.62. The maximum Gasteiger partial charge on any atom is 0.340 e. The molecule has 0 spiro atoms. The van der Waals surface area contributed by atoms with Crippen molar-refractivity contribution in [2.24, 2.45) is 10.2 Å². The molecule has 0 radical (unpaired) electrons. The van der Waals surface area contributed by atoms with Gasteiger partial charge in [-0.3, -0.25) is 0 Å². The van der Waals surface area contributed by atoms with Gasteiger partial charge in [-0.25, -0.2) is 8.78 Å². The average molecular weight is 312 g/mol. The number of hydrogen-bond donors (Lipinski definition) is 0. The molecule has 0 aliphatic rings. The summed E-state index contributed by atoms with van der Waals surface area (Å²) < 4.78 is 54.0. The molecule has 22 heavy (non-hydrogen) atoms. The van der Waals surface area contributed by atoms with E-state index in [-0.39, 0.29) is 5.75 Å². The summed E-state index contributed by atoms with van der Waals surface area (Å²) in [7, 11) is 0. The highest BCUT2D eigenvalue weighted by molar-refractivity contribution is 5.42. The molecule has 0 fully saturated rings. The smallest absolute Gasteiger partial charge is 0.340 e. The lowest BCUT2D eigenvalue weighted by Gasteiger charge is -2.15. The van der Waals surface area contributed by atoms with Crippen molar-refractivity contribution in [1.82, 2.24) is 0 Å². The van der Waals surface area contributed by atoms with Crippen molar-refractivity contribution in [3.8, 4) is 5.75 Å². The van der Waals surface area contributed by atoms with Gasteiger partial charge in [0.15, 0.2) is 6.61 Å². The molecule has 2 rings (SSSR count). The Kier molecular flexibility index (Phi) is 5.08. The zero-order valence-electron chi connectivity index (χ0n) is 11.3. The van der Waals surface area contributed by atoms with Crippen molar-refractivity contribution in [2.45, 2.75) is 12.3 Å². The molecule has 0 unspecified atom stereocenters. The van der Waals surface area contributed by atoms with Crippen LogP contribution < -0.4 is 4.74 Å². The van der Waals surface area contributed by atoms with Crippen molar-refractivity contribution in [3.63, 3.8) is 0 Å². The summed E-state index contributed by atoms with van der Waals surface area (Å²) in [5.41, 5.74) is 1.15. The number of azo groups is 1. The number of rotatable bonds is 6. The van der Waals surface area contributed by atoms with Crippen molar-refractivity contribution < 1.29 is 22.3 Å². The molecule has 0 bridgehead atoms. The lowest BCUT2D eigenvalue weighted by molar-refractivity contribution is -0.148. The van der Waals surface area contributed by atoms with E-state index in [9.17, 15) is 17.6 Å². The number of alkyl halides is 4. The van der Waals surface area contributed by atoms with Crippen LogP contribution in [-0.4, -0.2) is 19.0 Å². The lowest BCUT2D eigenvalue weighted by Crippen LogP contribution is -2.33. The van der Waals surface area contributed by atoms with Crippen LogP contribution in [0.25, 0.3) is 0 Å². The summed E-state index contributed by atoms with van der Waals surface area (Å²) in [6.07, 6.45) is -3.76. The first-order valence-electron chi connectivity index (χ1n) is 6.33. The Bertz CT molecular complexity index is 615. The van der Waals surface area contributed by atoms with Crippen LogP contribution >= 0.6 is 0 Å². The largest absolute Gasteiger partial charge is 0.487 e. The van der Waals surface area contributed by atoms with Crippen LogP contribution in [0.2, 0.25) is 0 Å². The van der Waals surface area contributed by atoms with Gasteiger partial charge in [0.1, 0.15) is 5.75 Å². The van der Waals surface area contributed by atoms with Crippen LogP contribution in [0.3, 0.4) is 0 Å². The third-order valence-electron chi connectivity index (χ3n) is 2.62. The van der Waals surface area contributed by atoms with Gasteiger partial charge in [0, 0.05) is 0 Å². The Labute approximate surface area is 124 Å². The highest BCUT2D eigenvalue weighted by Crippen LogP contribution is 2.25. The minimum atomic E-state index is -4.17. The molecule has 0 aliphatic carbocycles. The van der Waals surface area contributed by atoms with E-state index in [4.69, 9.17) is 0 Å². The number of ether oxygens (including phenoxy) is 1. The van der Waals surface area contributed by atoms with Crippen molar-refractivity contribution in [1.29, 1.82) is 0 Å². The van der Waals surface area contributed by atoms with E-state index in [1.165, 1.54) is 24.3 Å². The predicted octanol–water partition coefficient (Wildman–Crippen LogP) is 5.38. The van der Waals surface area contributed by atoms with Crippen molar-refractivity contribution in [2.75, 3.05) is 6.61 Å². The predicted molar refractivity (Wildman–Crippen MR) is 73.5 cm³/mol. The maximum atomic E-state index is 12.7. The van der Waals surface area contributed by atoms with Crippen LogP contribution in [0, 0.1) is 0 Å². The Morgan fingerprint density at radius 3 is 1.95 bits per heavy atom. The third kappa shape index (κ3) is 4.54. The Balaban J connectivity index is 1.95. The van der Waals surface area contributed by atoms with Gasteiger partial charge in [-0.05, 0) is 36.4 Å². The van der Waals surface area contributed by atoms with Crippen LogP contribution in [0.5, 0.6) is 5.75 Å². The second kappa shape index (κ2) is 7.02. The Hall–Kier alpha value is -2.44. The molecule has 0 heterocycles. The van der Waals surface area contributed by atoms with Gasteiger partial charge in [-0.15, -0.1) is 0 Å². The number of hydrogen-bond acceptors (Lipinski definition) is 3. The lowest BCUT2D eigenvalue weighted by atomic mass is 10.3. The van der Waals surface area contributed by atoms with Crippen LogP contribution in [0.15, 0.2) is 64.8 Å². The van der Waals surface area contributed by atoms with Gasteiger partial charge in [0.05, 0.1) is 11.4 Å². The van der Waals surface area contributed by atoms with E-state index in [0.29, 0.717) is 11.4 Å².